The largest absolute Gasteiger partial charge is 0.247 e. The SMILES string of the molecule is c1ccc2c(c#1)C1(c3ccccc3-2)c2ccccc2-c2cc3c(-c4ccc(-c5ccc6c(-c7ccc8ccccc8c7)c7ccccc7c(-c7ccc8ccccc8c7)c6c5)cc4)nc4ccccc4c3cc21. The van der Waals surface area contributed by atoms with E-state index in [-0.39, 0.29) is 0 Å². The summed E-state index contributed by atoms with van der Waals surface area (Å²) in [7, 11) is 0. The number of pyridine rings is 1. The van der Waals surface area contributed by atoms with Crippen molar-refractivity contribution < 1.29 is 0 Å². The number of aromatic nitrogens is 1. The van der Waals surface area contributed by atoms with Crippen LogP contribution >= 0.6 is 0 Å². The Balaban J connectivity index is 0.892. The van der Waals surface area contributed by atoms with E-state index in [1.54, 1.807) is 0 Å². The average molecular weight is 920 g/mol. The molecule has 0 N–H and O–H groups in total. The molecule has 0 saturated heterocycles. The van der Waals surface area contributed by atoms with E-state index in [2.05, 4.69) is 255 Å². The van der Waals surface area contributed by atoms with Gasteiger partial charge in [-0.25, -0.2) is 4.98 Å². The Hall–Kier alpha value is -9.61. The van der Waals surface area contributed by atoms with Crippen LogP contribution in [0.25, 0.3) is 132 Å². The molecule has 0 saturated carbocycles. The minimum Gasteiger partial charge on any atom is -0.247 e. The second kappa shape index (κ2) is 15.2. The van der Waals surface area contributed by atoms with Crippen LogP contribution < -0.4 is 0 Å². The summed E-state index contributed by atoms with van der Waals surface area (Å²) in [5, 5.41) is 13.4. The number of rotatable bonds is 4. The van der Waals surface area contributed by atoms with E-state index in [1.165, 1.54) is 121 Å². The molecule has 2 aliphatic carbocycles. The van der Waals surface area contributed by atoms with Crippen molar-refractivity contribution in [3.63, 3.8) is 0 Å². The number of para-hydroxylation sites is 1. The first-order valence-corrected chi connectivity index (χ1v) is 25.3. The highest BCUT2D eigenvalue weighted by Crippen LogP contribution is 2.63. The topological polar surface area (TPSA) is 12.9 Å². The third-order valence-electron chi connectivity index (χ3n) is 16.3. The molecule has 334 valence electrons. The second-order valence-electron chi connectivity index (χ2n) is 19.9. The molecular weight excluding hydrogens is 879 g/mol. The molecule has 0 aliphatic heterocycles. The fourth-order valence-corrected chi connectivity index (χ4v) is 13.1. The maximum Gasteiger partial charge on any atom is 0.0804 e. The fraction of sp³-hybridized carbons (Fsp3) is 0.0139. The van der Waals surface area contributed by atoms with Crippen molar-refractivity contribution in [2.45, 2.75) is 5.41 Å². The Bertz CT molecular complexity index is 4630. The first kappa shape index (κ1) is 40.2. The molecule has 1 heterocycles. The zero-order valence-electron chi connectivity index (χ0n) is 39.6. The standard InChI is InChI=1S/C72H41N/c1-3-17-48-39-51(35-31-44(48)15-1)69-57-23-5-6-24-58(57)70(52-36-32-45-16-2-4-18-49(45)40-52)62-41-50(37-38-59(62)69)46-29-33-47(34-30-46)71-63-42-61-55-21-9-13-27-66(55)72(67(61)43-60(63)56-22-10-14-28-68(56)73-71)64-25-11-7-19-53(64)54-20-8-12-26-65(54)72/h1-11,13-25,27-43H. The van der Waals surface area contributed by atoms with Crippen molar-refractivity contribution in [3.8, 4) is 66.9 Å². The Morgan fingerprint density at radius 2 is 0.836 bits per heavy atom. The molecule has 1 aromatic heterocycles. The van der Waals surface area contributed by atoms with Gasteiger partial charge in [0.1, 0.15) is 0 Å². The van der Waals surface area contributed by atoms with Crippen LogP contribution in [0.2, 0.25) is 0 Å². The van der Waals surface area contributed by atoms with Crippen molar-refractivity contribution in [3.05, 3.63) is 283 Å². The van der Waals surface area contributed by atoms with Gasteiger partial charge in [0.15, 0.2) is 0 Å². The summed E-state index contributed by atoms with van der Waals surface area (Å²) < 4.78 is 0. The van der Waals surface area contributed by atoms with Crippen molar-refractivity contribution in [1.29, 1.82) is 0 Å². The molecule has 13 aromatic carbocycles. The van der Waals surface area contributed by atoms with Crippen molar-refractivity contribution in [2.75, 3.05) is 0 Å². The molecule has 16 rings (SSSR count). The minimum atomic E-state index is -0.507. The summed E-state index contributed by atoms with van der Waals surface area (Å²) in [6.45, 7) is 0. The van der Waals surface area contributed by atoms with Gasteiger partial charge >= 0.3 is 0 Å². The maximum atomic E-state index is 5.50. The van der Waals surface area contributed by atoms with E-state index < -0.39 is 5.41 Å². The zero-order chi connectivity index (χ0) is 47.8. The summed E-state index contributed by atoms with van der Waals surface area (Å²) >= 11 is 0. The highest BCUT2D eigenvalue weighted by Gasteiger charge is 2.52. The number of nitrogens with zero attached hydrogens (tertiary/aromatic N) is 1. The molecule has 1 nitrogen and oxygen atoms in total. The van der Waals surface area contributed by atoms with E-state index >= 15 is 0 Å². The van der Waals surface area contributed by atoms with E-state index in [4.69, 9.17) is 4.98 Å². The predicted molar refractivity (Wildman–Crippen MR) is 305 cm³/mol. The van der Waals surface area contributed by atoms with Gasteiger partial charge in [-0.1, -0.05) is 212 Å². The van der Waals surface area contributed by atoms with E-state index in [0.29, 0.717) is 0 Å². The normalized spacial score (nSPS) is 12.9. The van der Waals surface area contributed by atoms with Crippen LogP contribution in [0.15, 0.2) is 249 Å². The van der Waals surface area contributed by atoms with Crippen LogP contribution in [-0.2, 0) is 5.41 Å². The summed E-state index contributed by atoms with van der Waals surface area (Å²) in [6, 6.07) is 99.1. The number of hydrogen-bond acceptors (Lipinski definition) is 1. The van der Waals surface area contributed by atoms with Crippen molar-refractivity contribution in [1.82, 2.24) is 4.98 Å². The summed E-state index contributed by atoms with van der Waals surface area (Å²) in [6.07, 6.45) is 0. The molecule has 1 spiro atoms. The molecule has 1 heteroatoms. The van der Waals surface area contributed by atoms with E-state index in [0.717, 1.165) is 33.1 Å². The molecule has 0 fully saturated rings. The lowest BCUT2D eigenvalue weighted by atomic mass is 9.70. The average Bonchev–Trinajstić information content (AvgIpc) is 3.93. The summed E-state index contributed by atoms with van der Waals surface area (Å²) in [5.41, 5.74) is 19.9. The van der Waals surface area contributed by atoms with Crippen LogP contribution in [-0.4, -0.2) is 4.98 Å². The van der Waals surface area contributed by atoms with Gasteiger partial charge in [-0.15, -0.1) is 0 Å². The van der Waals surface area contributed by atoms with Gasteiger partial charge in [-0.2, -0.15) is 0 Å². The Morgan fingerprint density at radius 1 is 0.301 bits per heavy atom. The maximum absolute atomic E-state index is 5.50. The van der Waals surface area contributed by atoms with Crippen LogP contribution in [0.1, 0.15) is 22.3 Å². The third kappa shape index (κ3) is 5.67. The fourth-order valence-electron chi connectivity index (χ4n) is 13.1. The number of benzene rings is 12. The van der Waals surface area contributed by atoms with Gasteiger partial charge in [-0.05, 0) is 169 Å². The zero-order valence-corrected chi connectivity index (χ0v) is 39.6. The van der Waals surface area contributed by atoms with Gasteiger partial charge in [0.05, 0.1) is 16.6 Å². The predicted octanol–water partition coefficient (Wildman–Crippen LogP) is 18.6. The van der Waals surface area contributed by atoms with Crippen LogP contribution in [0.4, 0.5) is 0 Å². The molecule has 2 aliphatic rings. The minimum absolute atomic E-state index is 0.507. The second-order valence-corrected chi connectivity index (χ2v) is 19.9. The van der Waals surface area contributed by atoms with Gasteiger partial charge in [0.25, 0.3) is 0 Å². The molecule has 0 radical (unpaired) electrons. The molecule has 0 bridgehead atoms. The number of fused-ring (bicyclic) bond motifs is 17. The molecular formula is C72H41N. The highest BCUT2D eigenvalue weighted by molar-refractivity contribution is 6.23. The van der Waals surface area contributed by atoms with Crippen LogP contribution in [0.5, 0.6) is 0 Å². The lowest BCUT2D eigenvalue weighted by molar-refractivity contribution is 0.795. The van der Waals surface area contributed by atoms with Gasteiger partial charge < -0.3 is 0 Å². The van der Waals surface area contributed by atoms with E-state index in [1.807, 2.05) is 6.07 Å². The lowest BCUT2D eigenvalue weighted by Crippen LogP contribution is -2.25. The molecule has 1 unspecified atom stereocenters. The van der Waals surface area contributed by atoms with Crippen molar-refractivity contribution >= 4 is 64.8 Å². The van der Waals surface area contributed by atoms with E-state index in [9.17, 15) is 0 Å². The van der Waals surface area contributed by atoms with Gasteiger partial charge in [-0.3, -0.25) is 0 Å². The molecule has 14 aromatic rings. The Kier molecular flexibility index (Phi) is 8.36. The van der Waals surface area contributed by atoms with Gasteiger partial charge in [0.2, 0.25) is 0 Å². The lowest BCUT2D eigenvalue weighted by Gasteiger charge is -2.29. The Morgan fingerprint density at radius 3 is 1.53 bits per heavy atom. The first-order chi connectivity index (χ1) is 36.2. The highest BCUT2D eigenvalue weighted by atomic mass is 14.7. The molecule has 0 amide bonds. The third-order valence-corrected chi connectivity index (χ3v) is 16.3. The smallest absolute Gasteiger partial charge is 0.0804 e. The van der Waals surface area contributed by atoms with Crippen LogP contribution in [0, 0.1) is 12.1 Å². The molecule has 1 atom stereocenters. The number of hydrogen-bond donors (Lipinski definition) is 0. The van der Waals surface area contributed by atoms with Gasteiger partial charge in [0, 0.05) is 21.9 Å². The summed E-state index contributed by atoms with van der Waals surface area (Å²) in [4.78, 5) is 5.50. The Labute approximate surface area is 422 Å². The summed E-state index contributed by atoms with van der Waals surface area (Å²) in [5.74, 6) is 0. The monoisotopic (exact) mass is 919 g/mol. The first-order valence-electron chi connectivity index (χ1n) is 25.3. The van der Waals surface area contributed by atoms with Crippen LogP contribution in [0.3, 0.4) is 0 Å². The molecule has 73 heavy (non-hydrogen) atoms. The quantitative estimate of drug-likeness (QED) is 0.127. The van der Waals surface area contributed by atoms with Crippen molar-refractivity contribution in [2.24, 2.45) is 0 Å².